The van der Waals surface area contributed by atoms with Gasteiger partial charge >= 0.3 is 0 Å². The maximum atomic E-state index is 12.9. The van der Waals surface area contributed by atoms with Crippen molar-refractivity contribution in [3.63, 3.8) is 0 Å². The van der Waals surface area contributed by atoms with Crippen LogP contribution in [-0.2, 0) is 24.8 Å². The summed E-state index contributed by atoms with van der Waals surface area (Å²) in [5.41, 5.74) is 2.16. The van der Waals surface area contributed by atoms with Crippen molar-refractivity contribution in [1.29, 1.82) is 0 Å². The molecule has 128 valence electrons. The third kappa shape index (κ3) is 3.82. The minimum Gasteiger partial charge on any atom is -0.341 e. The van der Waals surface area contributed by atoms with E-state index in [1.807, 2.05) is 25.1 Å². The van der Waals surface area contributed by atoms with Crippen molar-refractivity contribution in [3.8, 4) is 0 Å². The normalized spacial score (nSPS) is 17.7. The van der Waals surface area contributed by atoms with Crippen molar-refractivity contribution in [3.05, 3.63) is 53.4 Å². The fourth-order valence-corrected chi connectivity index (χ4v) is 3.00. The maximum absolute atomic E-state index is 12.9. The first-order valence-corrected chi connectivity index (χ1v) is 8.25. The van der Waals surface area contributed by atoms with Gasteiger partial charge in [0.15, 0.2) is 0 Å². The van der Waals surface area contributed by atoms with E-state index < -0.39 is 0 Å². The molecule has 0 bridgehead atoms. The van der Waals surface area contributed by atoms with E-state index in [1.54, 1.807) is 12.1 Å². The second kappa shape index (κ2) is 7.13. The zero-order valence-electron chi connectivity index (χ0n) is 14.1. The molecule has 1 N–H and O–H groups in total. The molecule has 5 nitrogen and oxygen atoms in total. The van der Waals surface area contributed by atoms with Gasteiger partial charge in [-0.2, -0.15) is 0 Å². The van der Waals surface area contributed by atoms with Gasteiger partial charge in [-0.05, 0) is 31.0 Å². The summed E-state index contributed by atoms with van der Waals surface area (Å²) in [6.07, 6.45) is 3.14. The number of halogens is 1. The Bertz CT molecular complexity index is 710. The molecule has 0 radical (unpaired) electrons. The topological polar surface area (TPSA) is 50.2 Å². The molecule has 0 aliphatic carbocycles. The molecule has 1 saturated heterocycles. The lowest BCUT2D eigenvalue weighted by Crippen LogP contribution is -2.33. The van der Waals surface area contributed by atoms with E-state index in [4.69, 9.17) is 0 Å². The van der Waals surface area contributed by atoms with Crippen LogP contribution >= 0.6 is 0 Å². The van der Waals surface area contributed by atoms with Gasteiger partial charge in [-0.1, -0.05) is 12.1 Å². The highest BCUT2D eigenvalue weighted by atomic mass is 19.1. The van der Waals surface area contributed by atoms with Crippen molar-refractivity contribution in [2.45, 2.75) is 32.4 Å². The van der Waals surface area contributed by atoms with E-state index >= 15 is 0 Å². The second-order valence-corrected chi connectivity index (χ2v) is 6.35. The lowest BCUT2D eigenvalue weighted by Gasteiger charge is -2.17. The summed E-state index contributed by atoms with van der Waals surface area (Å²) in [4.78, 5) is 18.3. The predicted molar refractivity (Wildman–Crippen MR) is 89.9 cm³/mol. The molecule has 0 spiro atoms. The molecular weight excluding hydrogens is 307 g/mol. The molecule has 1 aromatic carbocycles. The number of likely N-dealkylation sites (tertiary alicyclic amines) is 1. The highest BCUT2D eigenvalue weighted by Crippen LogP contribution is 2.14. The molecule has 1 atom stereocenters. The molecule has 2 aromatic rings. The van der Waals surface area contributed by atoms with E-state index in [-0.39, 0.29) is 17.8 Å². The minimum atomic E-state index is -0.231. The van der Waals surface area contributed by atoms with Crippen molar-refractivity contribution >= 4 is 5.91 Å². The van der Waals surface area contributed by atoms with E-state index in [9.17, 15) is 9.18 Å². The van der Waals surface area contributed by atoms with Gasteiger partial charge in [0.25, 0.3) is 0 Å². The number of carbonyl (C=O) groups excluding carboxylic acids is 1. The number of benzene rings is 1. The SMILES string of the molecule is Cc1ncc(CNC2CC(=O)N(CCc3ccc(F)cc3)C2)n1C. The fourth-order valence-electron chi connectivity index (χ4n) is 3.00. The number of rotatable bonds is 6. The summed E-state index contributed by atoms with van der Waals surface area (Å²) >= 11 is 0. The minimum absolute atomic E-state index is 0.168. The average molecular weight is 330 g/mol. The van der Waals surface area contributed by atoms with E-state index in [0.29, 0.717) is 19.5 Å². The first-order valence-electron chi connectivity index (χ1n) is 8.25. The quantitative estimate of drug-likeness (QED) is 0.879. The van der Waals surface area contributed by atoms with Gasteiger partial charge in [0.05, 0.1) is 5.69 Å². The van der Waals surface area contributed by atoms with Crippen LogP contribution in [0.4, 0.5) is 4.39 Å². The fraction of sp³-hybridized carbons (Fsp3) is 0.444. The van der Waals surface area contributed by atoms with Gasteiger partial charge in [0.2, 0.25) is 5.91 Å². The lowest BCUT2D eigenvalue weighted by molar-refractivity contribution is -0.127. The van der Waals surface area contributed by atoms with Gasteiger partial charge in [0.1, 0.15) is 11.6 Å². The Morgan fingerprint density at radius 3 is 2.75 bits per heavy atom. The predicted octanol–water partition coefficient (Wildman–Crippen LogP) is 1.80. The van der Waals surface area contributed by atoms with Crippen LogP contribution in [0.2, 0.25) is 0 Å². The second-order valence-electron chi connectivity index (χ2n) is 6.35. The van der Waals surface area contributed by atoms with Crippen LogP contribution in [0.15, 0.2) is 30.5 Å². The van der Waals surface area contributed by atoms with Crippen LogP contribution < -0.4 is 5.32 Å². The number of hydrogen-bond acceptors (Lipinski definition) is 3. The highest BCUT2D eigenvalue weighted by Gasteiger charge is 2.28. The average Bonchev–Trinajstić information content (AvgIpc) is 3.08. The van der Waals surface area contributed by atoms with Gasteiger partial charge in [-0.15, -0.1) is 0 Å². The summed E-state index contributed by atoms with van der Waals surface area (Å²) in [5, 5.41) is 3.45. The summed E-state index contributed by atoms with van der Waals surface area (Å²) in [7, 11) is 1.99. The number of aryl methyl sites for hydroxylation is 1. The van der Waals surface area contributed by atoms with Crippen molar-refractivity contribution in [2.24, 2.45) is 7.05 Å². The largest absolute Gasteiger partial charge is 0.341 e. The smallest absolute Gasteiger partial charge is 0.224 e. The van der Waals surface area contributed by atoms with Crippen LogP contribution in [-0.4, -0.2) is 39.5 Å². The third-order valence-corrected chi connectivity index (χ3v) is 4.69. The van der Waals surface area contributed by atoms with Crippen LogP contribution in [0, 0.1) is 12.7 Å². The maximum Gasteiger partial charge on any atom is 0.224 e. The Labute approximate surface area is 141 Å². The Morgan fingerprint density at radius 1 is 1.33 bits per heavy atom. The first-order chi connectivity index (χ1) is 11.5. The molecule has 1 aromatic heterocycles. The Hall–Kier alpha value is -2.21. The van der Waals surface area contributed by atoms with Crippen LogP contribution in [0.1, 0.15) is 23.5 Å². The Kier molecular flexibility index (Phi) is 4.94. The summed E-state index contributed by atoms with van der Waals surface area (Å²) in [5.74, 6) is 0.927. The molecule has 24 heavy (non-hydrogen) atoms. The number of imidazole rings is 1. The summed E-state index contributed by atoms with van der Waals surface area (Å²) in [6.45, 7) is 4.07. The lowest BCUT2D eigenvalue weighted by atomic mass is 10.1. The van der Waals surface area contributed by atoms with Gasteiger partial charge in [-0.25, -0.2) is 9.37 Å². The first kappa shape index (κ1) is 16.6. The molecule has 1 aliphatic rings. The van der Waals surface area contributed by atoms with Gasteiger partial charge in [0, 0.05) is 45.3 Å². The van der Waals surface area contributed by atoms with E-state index in [2.05, 4.69) is 14.9 Å². The van der Waals surface area contributed by atoms with E-state index in [1.165, 1.54) is 12.1 Å². The van der Waals surface area contributed by atoms with Crippen molar-refractivity contribution in [2.75, 3.05) is 13.1 Å². The molecule has 1 unspecified atom stereocenters. The number of hydrogen-bond donors (Lipinski definition) is 1. The molecule has 2 heterocycles. The molecule has 1 fully saturated rings. The molecule has 0 saturated carbocycles. The zero-order chi connectivity index (χ0) is 17.1. The van der Waals surface area contributed by atoms with Crippen molar-refractivity contribution in [1.82, 2.24) is 19.8 Å². The Morgan fingerprint density at radius 2 is 2.08 bits per heavy atom. The third-order valence-electron chi connectivity index (χ3n) is 4.69. The molecule has 3 rings (SSSR count). The molecule has 1 aliphatic heterocycles. The number of carbonyl (C=O) groups is 1. The monoisotopic (exact) mass is 330 g/mol. The summed E-state index contributed by atoms with van der Waals surface area (Å²) in [6, 6.07) is 6.64. The van der Waals surface area contributed by atoms with Crippen molar-refractivity contribution < 1.29 is 9.18 Å². The molecular formula is C18H23FN4O. The van der Waals surface area contributed by atoms with Gasteiger partial charge in [-0.3, -0.25) is 4.79 Å². The Balaban J connectivity index is 1.48. The number of aromatic nitrogens is 2. The number of amides is 1. The molecule has 1 amide bonds. The molecule has 6 heteroatoms. The standard InChI is InChI=1S/C18H23FN4O/c1-13-20-10-17(22(13)2)11-21-16-9-18(24)23(12-16)8-7-14-3-5-15(19)6-4-14/h3-6,10,16,21H,7-9,11-12H2,1-2H3. The summed E-state index contributed by atoms with van der Waals surface area (Å²) < 4.78 is 15.0. The number of nitrogens with one attached hydrogen (secondary N) is 1. The van der Waals surface area contributed by atoms with Crippen LogP contribution in [0.3, 0.4) is 0 Å². The zero-order valence-corrected chi connectivity index (χ0v) is 14.1. The number of nitrogens with zero attached hydrogens (tertiary/aromatic N) is 3. The van der Waals surface area contributed by atoms with Crippen LogP contribution in [0.5, 0.6) is 0 Å². The van der Waals surface area contributed by atoms with E-state index in [0.717, 1.165) is 30.0 Å². The van der Waals surface area contributed by atoms with Crippen LogP contribution in [0.25, 0.3) is 0 Å². The highest BCUT2D eigenvalue weighted by molar-refractivity contribution is 5.79. The van der Waals surface area contributed by atoms with Gasteiger partial charge < -0.3 is 14.8 Å².